The molecule has 2 aromatic rings. The summed E-state index contributed by atoms with van der Waals surface area (Å²) in [5.74, 6) is 0. The van der Waals surface area contributed by atoms with Crippen molar-refractivity contribution in [2.24, 2.45) is 0 Å². The molecular weight excluding hydrogens is 295 g/mol. The van der Waals surface area contributed by atoms with Crippen LogP contribution >= 0.6 is 0 Å². The third-order valence-electron chi connectivity index (χ3n) is 4.52. The summed E-state index contributed by atoms with van der Waals surface area (Å²) in [5.41, 5.74) is 1.68. The van der Waals surface area contributed by atoms with E-state index in [0.29, 0.717) is 0 Å². The summed E-state index contributed by atoms with van der Waals surface area (Å²) in [5, 5.41) is 12.8. The second-order valence-corrected chi connectivity index (χ2v) is 6.67. The van der Waals surface area contributed by atoms with Crippen molar-refractivity contribution in [3.05, 3.63) is 36.7 Å². The minimum atomic E-state index is -1.11. The minimum absolute atomic E-state index is 0.401. The molecule has 0 atom stereocenters. The highest BCUT2D eigenvalue weighted by Gasteiger charge is 2.51. The van der Waals surface area contributed by atoms with Crippen LogP contribution in [0.1, 0.15) is 27.7 Å². The van der Waals surface area contributed by atoms with E-state index in [9.17, 15) is 4.79 Å². The molecule has 1 saturated heterocycles. The summed E-state index contributed by atoms with van der Waals surface area (Å²) >= 11 is 0. The standard InChI is InChI=1S/C16H19BN2O4/c1-15(2)16(3,4)23-17(22-15)13-7-5-6-11(8-13)12-9-18-19(10-12)14(20)21/h5-10H,1-4H3,(H,20,21). The van der Waals surface area contributed by atoms with Crippen molar-refractivity contribution in [1.82, 2.24) is 9.78 Å². The van der Waals surface area contributed by atoms with E-state index in [2.05, 4.69) is 5.10 Å². The molecule has 0 spiro atoms. The van der Waals surface area contributed by atoms with Crippen LogP contribution in [0.5, 0.6) is 0 Å². The van der Waals surface area contributed by atoms with Crippen molar-refractivity contribution in [2.45, 2.75) is 38.9 Å². The second kappa shape index (κ2) is 5.21. The smallest absolute Gasteiger partial charge is 0.463 e. The fourth-order valence-corrected chi connectivity index (χ4v) is 2.42. The van der Waals surface area contributed by atoms with Crippen LogP contribution in [-0.4, -0.2) is 39.3 Å². The lowest BCUT2D eigenvalue weighted by atomic mass is 9.78. The first-order chi connectivity index (χ1) is 10.7. The van der Waals surface area contributed by atoms with Crippen molar-refractivity contribution in [3.8, 4) is 11.1 Å². The predicted octanol–water partition coefficient (Wildman–Crippen LogP) is 2.38. The van der Waals surface area contributed by atoms with Crippen LogP contribution in [0.4, 0.5) is 4.79 Å². The second-order valence-electron chi connectivity index (χ2n) is 6.67. The van der Waals surface area contributed by atoms with E-state index in [1.165, 1.54) is 12.4 Å². The van der Waals surface area contributed by atoms with Crippen LogP contribution in [0.15, 0.2) is 36.7 Å². The Morgan fingerprint density at radius 3 is 2.39 bits per heavy atom. The van der Waals surface area contributed by atoms with Crippen molar-refractivity contribution in [2.75, 3.05) is 0 Å². The number of nitrogens with zero attached hydrogens (tertiary/aromatic N) is 2. The maximum Gasteiger partial charge on any atom is 0.494 e. The summed E-state index contributed by atoms with van der Waals surface area (Å²) in [6, 6.07) is 7.67. The molecule has 1 aromatic carbocycles. The van der Waals surface area contributed by atoms with E-state index in [1.807, 2.05) is 52.0 Å². The van der Waals surface area contributed by atoms with Gasteiger partial charge in [-0.3, -0.25) is 0 Å². The molecule has 0 amide bonds. The Balaban J connectivity index is 1.90. The fraction of sp³-hybridized carbons (Fsp3) is 0.375. The van der Waals surface area contributed by atoms with Crippen LogP contribution in [0, 0.1) is 0 Å². The zero-order valence-electron chi connectivity index (χ0n) is 13.6. The molecule has 1 fully saturated rings. The monoisotopic (exact) mass is 314 g/mol. The Morgan fingerprint density at radius 2 is 1.83 bits per heavy atom. The molecule has 1 N–H and O–H groups in total. The van der Waals surface area contributed by atoms with Gasteiger partial charge < -0.3 is 14.4 Å². The molecule has 6 nitrogen and oxygen atoms in total. The number of carboxylic acid groups (broad SMARTS) is 1. The van der Waals surface area contributed by atoms with Gasteiger partial charge in [-0.15, -0.1) is 0 Å². The molecule has 1 aromatic heterocycles. The molecule has 1 aliphatic heterocycles. The molecule has 3 rings (SSSR count). The Morgan fingerprint density at radius 1 is 1.17 bits per heavy atom. The Kier molecular flexibility index (Phi) is 3.57. The zero-order valence-corrected chi connectivity index (χ0v) is 13.6. The van der Waals surface area contributed by atoms with Gasteiger partial charge in [-0.2, -0.15) is 9.78 Å². The topological polar surface area (TPSA) is 73.6 Å². The molecular formula is C16H19BN2O4. The third kappa shape index (κ3) is 2.77. The van der Waals surface area contributed by atoms with Gasteiger partial charge in [0, 0.05) is 11.8 Å². The molecule has 2 heterocycles. The molecule has 0 aliphatic carbocycles. The Hall–Kier alpha value is -2.12. The van der Waals surface area contributed by atoms with E-state index in [0.717, 1.165) is 21.3 Å². The molecule has 0 bridgehead atoms. The Bertz CT molecular complexity index is 738. The first-order valence-electron chi connectivity index (χ1n) is 7.43. The SMILES string of the molecule is CC1(C)OB(c2cccc(-c3cnn(C(=O)O)c3)c2)OC1(C)C. The van der Waals surface area contributed by atoms with Gasteiger partial charge in [-0.1, -0.05) is 24.3 Å². The lowest BCUT2D eigenvalue weighted by Gasteiger charge is -2.32. The average molecular weight is 314 g/mol. The van der Waals surface area contributed by atoms with Gasteiger partial charge in [0.15, 0.2) is 0 Å². The van der Waals surface area contributed by atoms with Crippen LogP contribution in [0.2, 0.25) is 0 Å². The van der Waals surface area contributed by atoms with Crippen molar-refractivity contribution < 1.29 is 19.2 Å². The average Bonchev–Trinajstić information content (AvgIpc) is 3.03. The van der Waals surface area contributed by atoms with E-state index < -0.39 is 24.4 Å². The van der Waals surface area contributed by atoms with Gasteiger partial charge >= 0.3 is 13.2 Å². The largest absolute Gasteiger partial charge is 0.494 e. The van der Waals surface area contributed by atoms with Gasteiger partial charge in [-0.05, 0) is 38.7 Å². The summed E-state index contributed by atoms with van der Waals surface area (Å²) in [6.07, 6.45) is 1.89. The van der Waals surface area contributed by atoms with E-state index >= 15 is 0 Å². The zero-order chi connectivity index (χ0) is 16.8. The minimum Gasteiger partial charge on any atom is -0.463 e. The van der Waals surface area contributed by atoms with Gasteiger partial charge in [0.1, 0.15) is 0 Å². The molecule has 23 heavy (non-hydrogen) atoms. The highest BCUT2D eigenvalue weighted by atomic mass is 16.7. The first kappa shape index (κ1) is 15.8. The third-order valence-corrected chi connectivity index (χ3v) is 4.52. The Labute approximate surface area is 135 Å². The number of rotatable bonds is 2. The number of hydrogen-bond acceptors (Lipinski definition) is 4. The number of hydrogen-bond donors (Lipinski definition) is 1. The predicted molar refractivity (Wildman–Crippen MR) is 86.8 cm³/mol. The van der Waals surface area contributed by atoms with Crippen molar-refractivity contribution in [3.63, 3.8) is 0 Å². The van der Waals surface area contributed by atoms with E-state index in [-0.39, 0.29) is 0 Å². The van der Waals surface area contributed by atoms with Gasteiger partial charge in [0.05, 0.1) is 17.4 Å². The van der Waals surface area contributed by atoms with Crippen molar-refractivity contribution >= 4 is 18.7 Å². The summed E-state index contributed by atoms with van der Waals surface area (Å²) in [6.45, 7) is 8.03. The molecule has 0 saturated carbocycles. The molecule has 1 aliphatic rings. The maximum atomic E-state index is 10.9. The maximum absolute atomic E-state index is 10.9. The first-order valence-corrected chi connectivity index (χ1v) is 7.43. The van der Waals surface area contributed by atoms with Crippen LogP contribution < -0.4 is 5.46 Å². The summed E-state index contributed by atoms with van der Waals surface area (Å²) < 4.78 is 13.0. The lowest BCUT2D eigenvalue weighted by molar-refractivity contribution is 0.00578. The number of benzene rings is 1. The normalized spacial score (nSPS) is 19.0. The highest BCUT2D eigenvalue weighted by Crippen LogP contribution is 2.36. The molecule has 120 valence electrons. The number of carbonyl (C=O) groups is 1. The molecule has 0 unspecified atom stereocenters. The van der Waals surface area contributed by atoms with Crippen LogP contribution in [-0.2, 0) is 9.31 Å². The van der Waals surface area contributed by atoms with E-state index in [4.69, 9.17) is 14.4 Å². The van der Waals surface area contributed by atoms with Gasteiger partial charge in [0.25, 0.3) is 0 Å². The van der Waals surface area contributed by atoms with Crippen molar-refractivity contribution in [1.29, 1.82) is 0 Å². The fourth-order valence-electron chi connectivity index (χ4n) is 2.42. The molecule has 0 radical (unpaired) electrons. The molecule has 7 heteroatoms. The van der Waals surface area contributed by atoms with E-state index in [1.54, 1.807) is 0 Å². The highest BCUT2D eigenvalue weighted by molar-refractivity contribution is 6.62. The summed E-state index contributed by atoms with van der Waals surface area (Å²) in [7, 11) is -0.450. The van der Waals surface area contributed by atoms with Gasteiger partial charge in [0.2, 0.25) is 0 Å². The summed E-state index contributed by atoms with van der Waals surface area (Å²) in [4.78, 5) is 10.9. The van der Waals surface area contributed by atoms with Gasteiger partial charge in [-0.25, -0.2) is 4.79 Å². The number of aromatic nitrogens is 2. The van der Waals surface area contributed by atoms with Crippen LogP contribution in [0.3, 0.4) is 0 Å². The van der Waals surface area contributed by atoms with Crippen LogP contribution in [0.25, 0.3) is 11.1 Å². The lowest BCUT2D eigenvalue weighted by Crippen LogP contribution is -2.41. The quantitative estimate of drug-likeness (QED) is 0.862.